The maximum Gasteiger partial charge on any atom is 0.338 e. The monoisotopic (exact) mass is 443 g/mol. The van der Waals surface area contributed by atoms with Crippen LogP contribution in [0.4, 0.5) is 10.1 Å². The van der Waals surface area contributed by atoms with E-state index in [1.807, 2.05) is 0 Å². The number of amides is 1. The summed E-state index contributed by atoms with van der Waals surface area (Å²) in [5.41, 5.74) is 0.399. The number of nitrogens with zero attached hydrogens (tertiary/aromatic N) is 2. The highest BCUT2D eigenvalue weighted by atomic mass is 35.5. The summed E-state index contributed by atoms with van der Waals surface area (Å²) in [6.07, 6.45) is 3.65. The molecule has 1 aliphatic rings. The van der Waals surface area contributed by atoms with Crippen molar-refractivity contribution in [2.45, 2.75) is 32.2 Å². The fourth-order valence-corrected chi connectivity index (χ4v) is 3.70. The van der Waals surface area contributed by atoms with Crippen molar-refractivity contribution in [3.63, 3.8) is 0 Å². The number of nitrogens with one attached hydrogen (secondary N) is 1. The molecule has 0 bridgehead atoms. The van der Waals surface area contributed by atoms with Gasteiger partial charge in [-0.1, -0.05) is 18.0 Å². The van der Waals surface area contributed by atoms with Gasteiger partial charge < -0.3 is 10.1 Å². The maximum atomic E-state index is 13.8. The number of carbonyl (C=O) groups is 2. The van der Waals surface area contributed by atoms with Crippen molar-refractivity contribution in [1.82, 2.24) is 9.55 Å². The molecule has 1 aliphatic heterocycles. The molecule has 1 aromatic heterocycles. The van der Waals surface area contributed by atoms with Crippen LogP contribution in [0.1, 0.15) is 35.4 Å². The Bertz CT molecular complexity index is 1240. The molecule has 2 aromatic carbocycles. The van der Waals surface area contributed by atoms with Crippen LogP contribution in [0.25, 0.3) is 10.9 Å². The summed E-state index contributed by atoms with van der Waals surface area (Å²) < 4.78 is 20.5. The average Bonchev–Trinajstić information content (AvgIpc) is 2.99. The first-order valence-corrected chi connectivity index (χ1v) is 10.3. The third-order valence-electron chi connectivity index (χ3n) is 5.09. The van der Waals surface area contributed by atoms with Crippen LogP contribution in [0.2, 0.25) is 5.02 Å². The molecule has 0 spiro atoms. The average molecular weight is 444 g/mol. The summed E-state index contributed by atoms with van der Waals surface area (Å²) in [5, 5.41) is 2.94. The van der Waals surface area contributed by atoms with Crippen LogP contribution in [-0.2, 0) is 22.5 Å². The number of esters is 1. The molecule has 4 rings (SSSR count). The lowest BCUT2D eigenvalue weighted by Gasteiger charge is -2.11. The number of carbonyl (C=O) groups excluding carboxylic acids is 2. The lowest BCUT2D eigenvalue weighted by atomic mass is 10.1. The number of aryl methyl sites for hydroxylation is 1. The second-order valence-corrected chi connectivity index (χ2v) is 7.71. The van der Waals surface area contributed by atoms with Crippen molar-refractivity contribution in [2.24, 2.45) is 0 Å². The summed E-state index contributed by atoms with van der Waals surface area (Å²) in [5.74, 6) is -1.43. The summed E-state index contributed by atoms with van der Waals surface area (Å²) in [4.78, 5) is 41.7. The Labute approximate surface area is 181 Å². The summed E-state index contributed by atoms with van der Waals surface area (Å²) in [7, 11) is 0. The molecule has 160 valence electrons. The van der Waals surface area contributed by atoms with Crippen molar-refractivity contribution in [3.8, 4) is 0 Å². The van der Waals surface area contributed by atoms with E-state index >= 15 is 0 Å². The van der Waals surface area contributed by atoms with E-state index in [1.54, 1.807) is 10.6 Å². The Balaban J connectivity index is 1.47. The zero-order valence-electron chi connectivity index (χ0n) is 16.5. The van der Waals surface area contributed by atoms with E-state index in [1.165, 1.54) is 24.3 Å². The Morgan fingerprint density at radius 1 is 1.16 bits per heavy atom. The number of hydrogen-bond acceptors (Lipinski definition) is 5. The molecule has 1 N–H and O–H groups in total. The van der Waals surface area contributed by atoms with Gasteiger partial charge in [0, 0.05) is 18.0 Å². The molecule has 7 nitrogen and oxygen atoms in total. The first-order valence-electron chi connectivity index (χ1n) is 9.88. The number of hydrogen-bond donors (Lipinski definition) is 1. The molecule has 9 heteroatoms. The van der Waals surface area contributed by atoms with E-state index in [0.29, 0.717) is 29.7 Å². The van der Waals surface area contributed by atoms with Crippen LogP contribution in [0.3, 0.4) is 0 Å². The largest absolute Gasteiger partial charge is 0.452 e. The van der Waals surface area contributed by atoms with Crippen molar-refractivity contribution >= 4 is 40.1 Å². The topological polar surface area (TPSA) is 90.3 Å². The highest BCUT2D eigenvalue weighted by molar-refractivity contribution is 6.30. The van der Waals surface area contributed by atoms with Crippen molar-refractivity contribution in [3.05, 3.63) is 69.0 Å². The molecule has 0 saturated heterocycles. The molecular weight excluding hydrogens is 425 g/mol. The zero-order valence-corrected chi connectivity index (χ0v) is 17.2. The third kappa shape index (κ3) is 4.59. The van der Waals surface area contributed by atoms with E-state index in [4.69, 9.17) is 16.3 Å². The number of ether oxygens (including phenoxy) is 1. The van der Waals surface area contributed by atoms with E-state index in [2.05, 4.69) is 10.3 Å². The second-order valence-electron chi connectivity index (χ2n) is 7.28. The Hall–Kier alpha value is -3.26. The quantitative estimate of drug-likeness (QED) is 0.621. The van der Waals surface area contributed by atoms with Gasteiger partial charge in [0.05, 0.1) is 22.2 Å². The predicted octanol–water partition coefficient (Wildman–Crippen LogP) is 3.71. The summed E-state index contributed by atoms with van der Waals surface area (Å²) in [6.45, 7) is 0.0451. The minimum atomic E-state index is -0.745. The highest BCUT2D eigenvalue weighted by Crippen LogP contribution is 2.19. The number of aromatic nitrogens is 2. The smallest absolute Gasteiger partial charge is 0.338 e. The van der Waals surface area contributed by atoms with Gasteiger partial charge >= 0.3 is 5.97 Å². The molecule has 3 aromatic rings. The minimum absolute atomic E-state index is 0.0680. The molecule has 0 fully saturated rings. The van der Waals surface area contributed by atoms with Gasteiger partial charge in [-0.15, -0.1) is 0 Å². The van der Waals surface area contributed by atoms with Gasteiger partial charge in [0.25, 0.3) is 11.5 Å². The van der Waals surface area contributed by atoms with Gasteiger partial charge in [0.2, 0.25) is 0 Å². The number of rotatable bonds is 4. The molecule has 2 heterocycles. The Morgan fingerprint density at radius 3 is 2.81 bits per heavy atom. The minimum Gasteiger partial charge on any atom is -0.452 e. The number of fused-ring (bicyclic) bond motifs is 2. The molecular formula is C22H19ClFN3O4. The van der Waals surface area contributed by atoms with Gasteiger partial charge in [-0.3, -0.25) is 14.2 Å². The van der Waals surface area contributed by atoms with Crippen LogP contribution in [0.5, 0.6) is 0 Å². The van der Waals surface area contributed by atoms with Crippen molar-refractivity contribution in [1.29, 1.82) is 0 Å². The first kappa shape index (κ1) is 21.0. The second kappa shape index (κ2) is 8.85. The van der Waals surface area contributed by atoms with Crippen LogP contribution >= 0.6 is 11.6 Å². The third-order valence-corrected chi connectivity index (χ3v) is 5.33. The molecule has 0 atom stereocenters. The lowest BCUT2D eigenvalue weighted by molar-refractivity contribution is -0.119. The van der Waals surface area contributed by atoms with Gasteiger partial charge in [0.1, 0.15) is 11.6 Å². The van der Waals surface area contributed by atoms with Crippen LogP contribution < -0.4 is 10.9 Å². The predicted molar refractivity (Wildman–Crippen MR) is 114 cm³/mol. The lowest BCUT2D eigenvalue weighted by Crippen LogP contribution is -2.25. The summed E-state index contributed by atoms with van der Waals surface area (Å²) >= 11 is 5.67. The first-order chi connectivity index (χ1) is 14.9. The van der Waals surface area contributed by atoms with Crippen molar-refractivity contribution < 1.29 is 18.7 Å². The normalized spacial score (nSPS) is 13.4. The SMILES string of the molecule is O=C(COC(=O)c1ccc2c(=O)n3c(nc2c1)CCCCC3)Nc1ccc(Cl)cc1F. The molecule has 0 aliphatic carbocycles. The number of benzene rings is 2. The van der Waals surface area contributed by atoms with E-state index < -0.39 is 24.3 Å². The fraction of sp³-hybridized carbons (Fsp3) is 0.273. The molecule has 0 radical (unpaired) electrons. The van der Waals surface area contributed by atoms with E-state index in [9.17, 15) is 18.8 Å². The van der Waals surface area contributed by atoms with E-state index in [-0.39, 0.29) is 21.8 Å². The van der Waals surface area contributed by atoms with Crippen LogP contribution in [0.15, 0.2) is 41.2 Å². The Morgan fingerprint density at radius 2 is 2.00 bits per heavy atom. The Kier molecular flexibility index (Phi) is 5.99. The van der Waals surface area contributed by atoms with Gasteiger partial charge in [0.15, 0.2) is 6.61 Å². The standard InChI is InChI=1S/C22H19ClFN3O4/c23-14-6-8-17(16(24)11-14)26-20(28)12-31-22(30)13-5-7-15-18(10-13)25-19-4-2-1-3-9-27(19)21(15)29/h5-8,10-11H,1-4,9,12H2,(H,26,28). The molecule has 1 amide bonds. The van der Waals surface area contributed by atoms with E-state index in [0.717, 1.165) is 25.3 Å². The highest BCUT2D eigenvalue weighted by Gasteiger charge is 2.17. The summed E-state index contributed by atoms with van der Waals surface area (Å²) in [6, 6.07) is 8.30. The van der Waals surface area contributed by atoms with Crippen molar-refractivity contribution in [2.75, 3.05) is 11.9 Å². The number of anilines is 1. The number of halogens is 2. The van der Waals surface area contributed by atoms with Gasteiger partial charge in [-0.2, -0.15) is 0 Å². The van der Waals surface area contributed by atoms with Crippen LogP contribution in [-0.4, -0.2) is 28.0 Å². The fourth-order valence-electron chi connectivity index (χ4n) is 3.54. The zero-order chi connectivity index (χ0) is 22.0. The molecule has 0 saturated carbocycles. The molecule has 0 unspecified atom stereocenters. The molecule has 31 heavy (non-hydrogen) atoms. The van der Waals surface area contributed by atoms with Gasteiger partial charge in [-0.05, 0) is 49.2 Å². The maximum absolute atomic E-state index is 13.8. The van der Waals surface area contributed by atoms with Crippen LogP contribution in [0, 0.1) is 5.82 Å². The van der Waals surface area contributed by atoms with Gasteiger partial charge in [-0.25, -0.2) is 14.2 Å².